The highest BCUT2D eigenvalue weighted by Crippen LogP contribution is 2.19. The molecule has 0 fully saturated rings. The van der Waals surface area contributed by atoms with Crippen molar-refractivity contribution in [2.24, 2.45) is 16.1 Å². The van der Waals surface area contributed by atoms with E-state index in [0.717, 1.165) is 10.4 Å². The highest BCUT2D eigenvalue weighted by Gasteiger charge is 2.02. The molecule has 3 heteroatoms. The summed E-state index contributed by atoms with van der Waals surface area (Å²) >= 11 is 0. The first-order valence-corrected chi connectivity index (χ1v) is 5.40. The van der Waals surface area contributed by atoms with Gasteiger partial charge in [-0.1, -0.05) is 32.1 Å². The lowest BCUT2D eigenvalue weighted by molar-refractivity contribution is 0.475. The minimum atomic E-state index is 0.166. The fourth-order valence-corrected chi connectivity index (χ4v) is 1.63. The number of phenolic OH excluding ortho intramolecular Hbond substituents is 1. The molecule has 1 rings (SSSR count). The summed E-state index contributed by atoms with van der Waals surface area (Å²) in [6, 6.07) is 3.56. The lowest BCUT2D eigenvalue weighted by Gasteiger charge is -2.01. The molecule has 0 spiro atoms. The summed E-state index contributed by atoms with van der Waals surface area (Å²) in [5.41, 5.74) is 0.541. The van der Waals surface area contributed by atoms with Gasteiger partial charge >= 0.3 is 0 Å². The number of phenols is 1. The van der Waals surface area contributed by atoms with Crippen molar-refractivity contribution in [2.75, 3.05) is 7.05 Å². The molecular weight excluding hydrogens is 200 g/mol. The third kappa shape index (κ3) is 2.69. The molecule has 3 nitrogen and oxygen atoms in total. The standard InChI is InChI=1S/C13H18N2O/c1-5-11-10(8-9(2)3)6-7-12(16)13(11)15-14-4/h5-9,16H,1-4H3/b10-8-,11-5+,15-14?. The second-order valence-electron chi connectivity index (χ2n) is 3.94. The van der Waals surface area contributed by atoms with Crippen molar-refractivity contribution in [1.82, 2.24) is 0 Å². The fourth-order valence-electron chi connectivity index (χ4n) is 1.63. The van der Waals surface area contributed by atoms with E-state index in [2.05, 4.69) is 30.2 Å². The minimum absolute atomic E-state index is 0.166. The number of nitrogens with zero attached hydrogens (tertiary/aromatic N) is 2. The Kier molecular flexibility index (Phi) is 4.23. The summed E-state index contributed by atoms with van der Waals surface area (Å²) in [5, 5.41) is 19.4. The number of hydrogen-bond donors (Lipinski definition) is 1. The smallest absolute Gasteiger partial charge is 0.143 e. The monoisotopic (exact) mass is 218 g/mol. The van der Waals surface area contributed by atoms with Crippen LogP contribution in [0.5, 0.6) is 5.75 Å². The van der Waals surface area contributed by atoms with Gasteiger partial charge in [-0.3, -0.25) is 0 Å². The van der Waals surface area contributed by atoms with Crippen molar-refractivity contribution in [3.05, 3.63) is 22.6 Å². The van der Waals surface area contributed by atoms with E-state index >= 15 is 0 Å². The zero-order valence-electron chi connectivity index (χ0n) is 10.2. The van der Waals surface area contributed by atoms with Crippen molar-refractivity contribution in [2.45, 2.75) is 20.8 Å². The Labute approximate surface area is 95.8 Å². The van der Waals surface area contributed by atoms with Crippen LogP contribution in [0.3, 0.4) is 0 Å². The second kappa shape index (κ2) is 5.45. The molecule has 0 atom stereocenters. The Morgan fingerprint density at radius 2 is 2.00 bits per heavy atom. The Morgan fingerprint density at radius 1 is 1.31 bits per heavy atom. The highest BCUT2D eigenvalue weighted by atomic mass is 16.3. The van der Waals surface area contributed by atoms with Gasteiger partial charge in [0.1, 0.15) is 11.4 Å². The van der Waals surface area contributed by atoms with Crippen LogP contribution < -0.4 is 10.4 Å². The van der Waals surface area contributed by atoms with Crippen molar-refractivity contribution < 1.29 is 5.11 Å². The average Bonchev–Trinajstić information content (AvgIpc) is 2.23. The molecule has 0 radical (unpaired) electrons. The number of azo groups is 1. The molecule has 0 aromatic heterocycles. The third-order valence-electron chi connectivity index (χ3n) is 2.23. The Balaban J connectivity index is 3.64. The van der Waals surface area contributed by atoms with Gasteiger partial charge in [-0.15, -0.1) is 0 Å². The first-order valence-electron chi connectivity index (χ1n) is 5.40. The summed E-state index contributed by atoms with van der Waals surface area (Å²) in [7, 11) is 1.59. The molecule has 0 saturated carbocycles. The van der Waals surface area contributed by atoms with Gasteiger partial charge in [0.05, 0.1) is 0 Å². The van der Waals surface area contributed by atoms with Crippen molar-refractivity contribution >= 4 is 17.8 Å². The van der Waals surface area contributed by atoms with E-state index in [-0.39, 0.29) is 5.75 Å². The number of rotatable bonds is 2. The number of hydrogen-bond acceptors (Lipinski definition) is 3. The minimum Gasteiger partial charge on any atom is -0.506 e. The van der Waals surface area contributed by atoms with Crippen LogP contribution in [0.2, 0.25) is 0 Å². The predicted octanol–water partition coefficient (Wildman–Crippen LogP) is 2.34. The maximum Gasteiger partial charge on any atom is 0.143 e. The Hall–Kier alpha value is -1.64. The summed E-state index contributed by atoms with van der Waals surface area (Å²) in [6.07, 6.45) is 4.08. The molecular formula is C13H18N2O. The molecule has 0 aliphatic rings. The SMILES string of the molecule is C/C=c1/c(N=NC)c(O)cc/c1=C/C(C)C. The van der Waals surface area contributed by atoms with Crippen molar-refractivity contribution in [1.29, 1.82) is 0 Å². The molecule has 0 amide bonds. The van der Waals surface area contributed by atoms with E-state index in [9.17, 15) is 5.11 Å². The van der Waals surface area contributed by atoms with E-state index < -0.39 is 0 Å². The quantitative estimate of drug-likeness (QED) is 0.761. The van der Waals surface area contributed by atoms with E-state index in [1.54, 1.807) is 13.1 Å². The van der Waals surface area contributed by atoms with Crippen LogP contribution in [0, 0.1) is 5.92 Å². The average molecular weight is 218 g/mol. The maximum absolute atomic E-state index is 9.72. The van der Waals surface area contributed by atoms with Gasteiger partial charge in [0.2, 0.25) is 0 Å². The molecule has 1 N–H and O–H groups in total. The zero-order valence-corrected chi connectivity index (χ0v) is 10.2. The molecule has 0 saturated heterocycles. The lowest BCUT2D eigenvalue weighted by atomic mass is 10.1. The summed E-state index contributed by atoms with van der Waals surface area (Å²) in [4.78, 5) is 0. The molecule has 16 heavy (non-hydrogen) atoms. The number of benzene rings is 1. The largest absolute Gasteiger partial charge is 0.506 e. The van der Waals surface area contributed by atoms with Gasteiger partial charge in [-0.2, -0.15) is 10.2 Å². The van der Waals surface area contributed by atoms with Crippen LogP contribution in [0.25, 0.3) is 12.2 Å². The molecule has 1 aromatic rings. The van der Waals surface area contributed by atoms with Crippen molar-refractivity contribution in [3.8, 4) is 5.75 Å². The van der Waals surface area contributed by atoms with Crippen molar-refractivity contribution in [3.63, 3.8) is 0 Å². The topological polar surface area (TPSA) is 45.0 Å². The zero-order chi connectivity index (χ0) is 12.1. The second-order valence-corrected chi connectivity index (χ2v) is 3.94. The predicted molar refractivity (Wildman–Crippen MR) is 67.2 cm³/mol. The van der Waals surface area contributed by atoms with E-state index in [4.69, 9.17) is 0 Å². The van der Waals surface area contributed by atoms with Gasteiger partial charge in [-0.05, 0) is 24.1 Å². The van der Waals surface area contributed by atoms with E-state index in [0.29, 0.717) is 11.6 Å². The lowest BCUT2D eigenvalue weighted by Crippen LogP contribution is -2.25. The summed E-state index contributed by atoms with van der Waals surface area (Å²) in [5.74, 6) is 0.620. The molecule has 86 valence electrons. The molecule has 0 aliphatic heterocycles. The van der Waals surface area contributed by atoms with Gasteiger partial charge in [0, 0.05) is 12.3 Å². The first-order chi connectivity index (χ1) is 7.60. The summed E-state index contributed by atoms with van der Waals surface area (Å²) < 4.78 is 0. The molecule has 0 heterocycles. The van der Waals surface area contributed by atoms with Crippen LogP contribution >= 0.6 is 0 Å². The van der Waals surface area contributed by atoms with Gasteiger partial charge < -0.3 is 5.11 Å². The highest BCUT2D eigenvalue weighted by molar-refractivity contribution is 5.55. The maximum atomic E-state index is 9.72. The molecule has 0 bridgehead atoms. The Bertz CT molecular complexity index is 501. The third-order valence-corrected chi connectivity index (χ3v) is 2.23. The van der Waals surface area contributed by atoms with Gasteiger partial charge in [-0.25, -0.2) is 0 Å². The van der Waals surface area contributed by atoms with E-state index in [1.807, 2.05) is 19.1 Å². The van der Waals surface area contributed by atoms with Crippen LogP contribution in [-0.4, -0.2) is 12.2 Å². The first kappa shape index (κ1) is 12.4. The fraction of sp³-hybridized carbons (Fsp3) is 0.385. The summed E-state index contributed by atoms with van der Waals surface area (Å²) in [6.45, 7) is 6.17. The Morgan fingerprint density at radius 3 is 2.50 bits per heavy atom. The van der Waals surface area contributed by atoms with Gasteiger partial charge in [0.25, 0.3) is 0 Å². The van der Waals surface area contributed by atoms with Gasteiger partial charge in [0.15, 0.2) is 0 Å². The van der Waals surface area contributed by atoms with Crippen LogP contribution in [0.1, 0.15) is 20.8 Å². The molecule has 1 aromatic carbocycles. The molecule has 0 aliphatic carbocycles. The normalized spacial score (nSPS) is 14.3. The number of aromatic hydroxyl groups is 1. The molecule has 0 unspecified atom stereocenters. The van der Waals surface area contributed by atoms with Crippen LogP contribution in [0.4, 0.5) is 5.69 Å². The van der Waals surface area contributed by atoms with Crippen LogP contribution in [-0.2, 0) is 0 Å². The van der Waals surface area contributed by atoms with Crippen LogP contribution in [0.15, 0.2) is 22.4 Å². The van der Waals surface area contributed by atoms with E-state index in [1.165, 1.54) is 0 Å².